The number of fused-ring (bicyclic) bond motifs is 2. The summed E-state index contributed by atoms with van der Waals surface area (Å²) in [6.07, 6.45) is 0. The van der Waals surface area contributed by atoms with Crippen molar-refractivity contribution in [1.29, 1.82) is 0 Å². The molecule has 0 saturated heterocycles. The summed E-state index contributed by atoms with van der Waals surface area (Å²) >= 11 is 0. The number of nitrogens with two attached hydrogens (primary N) is 2. The fraction of sp³-hybridized carbons (Fsp3) is 0. The van der Waals surface area contributed by atoms with Gasteiger partial charge in [-0.2, -0.15) is 0 Å². The van der Waals surface area contributed by atoms with Gasteiger partial charge in [0.1, 0.15) is 0 Å². The molecule has 232 valence electrons. The summed E-state index contributed by atoms with van der Waals surface area (Å²) in [6, 6.07) is 62.0. The highest BCUT2D eigenvalue weighted by Gasteiger charge is 2.13. The van der Waals surface area contributed by atoms with E-state index in [0.717, 1.165) is 56.4 Å². The van der Waals surface area contributed by atoms with Crippen molar-refractivity contribution in [3.63, 3.8) is 0 Å². The van der Waals surface area contributed by atoms with E-state index in [1.165, 1.54) is 21.5 Å². The van der Waals surface area contributed by atoms with Crippen molar-refractivity contribution >= 4 is 55.7 Å². The molecule has 8 aromatic carbocycles. The van der Waals surface area contributed by atoms with Crippen LogP contribution < -0.4 is 22.1 Å². The smallest absolute Gasteiger partial charge is 0.0401 e. The van der Waals surface area contributed by atoms with Crippen molar-refractivity contribution in [1.82, 2.24) is 0 Å². The summed E-state index contributed by atoms with van der Waals surface area (Å²) in [5.41, 5.74) is 22.4. The molecule has 6 N–H and O–H groups in total. The van der Waals surface area contributed by atoms with Crippen LogP contribution >= 0.6 is 0 Å². The largest absolute Gasteiger partial charge is 0.398 e. The second kappa shape index (κ2) is 13.9. The predicted molar refractivity (Wildman–Crippen MR) is 207 cm³/mol. The van der Waals surface area contributed by atoms with Gasteiger partial charge < -0.3 is 22.1 Å². The van der Waals surface area contributed by atoms with Crippen LogP contribution in [0.5, 0.6) is 0 Å². The molecule has 0 bridgehead atoms. The average Bonchev–Trinajstić information content (AvgIpc) is 3.14. The molecule has 8 rings (SSSR count). The Kier molecular flexibility index (Phi) is 8.70. The van der Waals surface area contributed by atoms with Crippen molar-refractivity contribution in [2.45, 2.75) is 0 Å². The molecule has 0 aromatic heterocycles. The average molecular weight is 621 g/mol. The van der Waals surface area contributed by atoms with Gasteiger partial charge in [0.15, 0.2) is 0 Å². The zero-order chi connectivity index (χ0) is 32.7. The molecule has 8 aromatic rings. The molecule has 0 amide bonds. The Bertz CT molecular complexity index is 2130. The van der Waals surface area contributed by atoms with Crippen LogP contribution in [0, 0.1) is 0 Å². The maximum absolute atomic E-state index is 6.20. The third-order valence-electron chi connectivity index (χ3n) is 8.36. The highest BCUT2D eigenvalue weighted by Crippen LogP contribution is 2.40. The molecule has 0 atom stereocenters. The minimum Gasteiger partial charge on any atom is -0.398 e. The Balaban J connectivity index is 0.000000161. The van der Waals surface area contributed by atoms with Crippen LogP contribution in [0.4, 0.5) is 34.1 Å². The molecule has 0 saturated carbocycles. The van der Waals surface area contributed by atoms with Gasteiger partial charge in [-0.05, 0) is 93.3 Å². The number of hydrogen-bond donors (Lipinski definition) is 4. The van der Waals surface area contributed by atoms with Gasteiger partial charge in [-0.1, -0.05) is 121 Å². The van der Waals surface area contributed by atoms with E-state index in [1.54, 1.807) is 0 Å². The Morgan fingerprint density at radius 1 is 0.292 bits per heavy atom. The molecule has 0 aliphatic carbocycles. The van der Waals surface area contributed by atoms with E-state index >= 15 is 0 Å². The van der Waals surface area contributed by atoms with Crippen molar-refractivity contribution in [3.05, 3.63) is 182 Å². The minimum absolute atomic E-state index is 0.740. The standard InChI is InChI=1S/C26H20N2.C18H16N2/c1-3-7-21-17-25(11-9-19(21)5-1)27-23-13-15-24(16-14-23)28-26-12-10-20-6-2-4-8-22(20)18-26;19-15-11-12-16(20)18(14-9-5-2-6-10-14)17(15)13-7-3-1-4-8-13/h1-18,27-28H;1-12H,19-20H2. The fourth-order valence-corrected chi connectivity index (χ4v) is 5.97. The van der Waals surface area contributed by atoms with Crippen LogP contribution in [-0.4, -0.2) is 0 Å². The molecule has 48 heavy (non-hydrogen) atoms. The van der Waals surface area contributed by atoms with Gasteiger partial charge in [-0.25, -0.2) is 0 Å². The quantitative estimate of drug-likeness (QED) is 0.140. The Labute approximate surface area is 281 Å². The first-order valence-corrected chi connectivity index (χ1v) is 16.0. The number of hydrogen-bond acceptors (Lipinski definition) is 4. The van der Waals surface area contributed by atoms with E-state index in [-0.39, 0.29) is 0 Å². The van der Waals surface area contributed by atoms with Gasteiger partial charge in [-0.3, -0.25) is 0 Å². The van der Waals surface area contributed by atoms with Gasteiger partial charge in [-0.15, -0.1) is 0 Å². The number of rotatable bonds is 6. The summed E-state index contributed by atoms with van der Waals surface area (Å²) in [5.74, 6) is 0. The predicted octanol–water partition coefficient (Wildman–Crippen LogP) is 11.7. The summed E-state index contributed by atoms with van der Waals surface area (Å²) in [5, 5.41) is 11.9. The van der Waals surface area contributed by atoms with Crippen LogP contribution in [0.25, 0.3) is 43.8 Å². The third kappa shape index (κ3) is 6.84. The number of nitrogens with one attached hydrogen (secondary N) is 2. The maximum Gasteiger partial charge on any atom is 0.0401 e. The Morgan fingerprint density at radius 3 is 1.02 bits per heavy atom. The van der Waals surface area contributed by atoms with Gasteiger partial charge >= 0.3 is 0 Å². The monoisotopic (exact) mass is 620 g/mol. The summed E-state index contributed by atoms with van der Waals surface area (Å²) < 4.78 is 0. The minimum atomic E-state index is 0.740. The van der Waals surface area contributed by atoms with E-state index in [0.29, 0.717) is 0 Å². The van der Waals surface area contributed by atoms with Gasteiger partial charge in [0, 0.05) is 45.3 Å². The fourth-order valence-electron chi connectivity index (χ4n) is 5.97. The van der Waals surface area contributed by atoms with E-state index in [2.05, 4.69) is 144 Å². The second-order valence-corrected chi connectivity index (χ2v) is 11.7. The van der Waals surface area contributed by atoms with Gasteiger partial charge in [0.25, 0.3) is 0 Å². The van der Waals surface area contributed by atoms with Crippen LogP contribution in [0.1, 0.15) is 0 Å². The SMILES string of the molecule is Nc1ccc(N)c(-c2ccccc2)c1-c1ccccc1.c1ccc2cc(Nc3ccc(Nc4ccc5ccccc5c4)cc3)ccc2c1. The van der Waals surface area contributed by atoms with Crippen LogP contribution in [0.3, 0.4) is 0 Å². The molecule has 0 aliphatic rings. The normalized spacial score (nSPS) is 10.7. The third-order valence-corrected chi connectivity index (χ3v) is 8.36. The van der Waals surface area contributed by atoms with Crippen LogP contribution in [0.15, 0.2) is 182 Å². The lowest BCUT2D eigenvalue weighted by Crippen LogP contribution is -1.98. The van der Waals surface area contributed by atoms with Crippen LogP contribution in [0.2, 0.25) is 0 Å². The van der Waals surface area contributed by atoms with E-state index < -0.39 is 0 Å². The zero-order valence-electron chi connectivity index (χ0n) is 26.5. The van der Waals surface area contributed by atoms with Gasteiger partial charge in [0.2, 0.25) is 0 Å². The lowest BCUT2D eigenvalue weighted by Gasteiger charge is -2.15. The lowest BCUT2D eigenvalue weighted by molar-refractivity contribution is 1.53. The first-order valence-electron chi connectivity index (χ1n) is 16.0. The van der Waals surface area contributed by atoms with Crippen LogP contribution in [-0.2, 0) is 0 Å². The second-order valence-electron chi connectivity index (χ2n) is 11.7. The highest BCUT2D eigenvalue weighted by molar-refractivity contribution is 5.97. The topological polar surface area (TPSA) is 76.1 Å². The van der Waals surface area contributed by atoms with E-state index in [1.807, 2.05) is 48.5 Å². The molecule has 0 fully saturated rings. The maximum atomic E-state index is 6.20. The van der Waals surface area contributed by atoms with Crippen molar-refractivity contribution in [2.75, 3.05) is 22.1 Å². The first-order chi connectivity index (χ1) is 23.6. The Hall–Kier alpha value is -6.52. The first kappa shape index (κ1) is 30.2. The molecule has 0 radical (unpaired) electrons. The molecule has 0 heterocycles. The van der Waals surface area contributed by atoms with Gasteiger partial charge in [0.05, 0.1) is 0 Å². The Morgan fingerprint density at radius 2 is 0.625 bits per heavy atom. The molecule has 4 heteroatoms. The summed E-state index contributed by atoms with van der Waals surface area (Å²) in [6.45, 7) is 0. The van der Waals surface area contributed by atoms with E-state index in [4.69, 9.17) is 11.5 Å². The molecule has 4 nitrogen and oxygen atoms in total. The van der Waals surface area contributed by atoms with Crippen molar-refractivity contribution < 1.29 is 0 Å². The number of nitrogen functional groups attached to an aromatic ring is 2. The highest BCUT2D eigenvalue weighted by atomic mass is 14.9. The number of benzene rings is 8. The molecule has 0 aliphatic heterocycles. The molecular formula is C44H36N4. The summed E-state index contributed by atoms with van der Waals surface area (Å²) in [4.78, 5) is 0. The van der Waals surface area contributed by atoms with Crippen molar-refractivity contribution in [3.8, 4) is 22.3 Å². The number of anilines is 6. The summed E-state index contributed by atoms with van der Waals surface area (Å²) in [7, 11) is 0. The zero-order valence-corrected chi connectivity index (χ0v) is 26.5. The molecular weight excluding hydrogens is 585 g/mol. The molecule has 0 unspecified atom stereocenters. The van der Waals surface area contributed by atoms with E-state index in [9.17, 15) is 0 Å². The molecule has 0 spiro atoms. The lowest BCUT2D eigenvalue weighted by atomic mass is 9.92. The van der Waals surface area contributed by atoms with Crippen molar-refractivity contribution in [2.24, 2.45) is 0 Å².